The van der Waals surface area contributed by atoms with E-state index in [9.17, 15) is 9.59 Å². The van der Waals surface area contributed by atoms with E-state index < -0.39 is 18.1 Å². The van der Waals surface area contributed by atoms with Gasteiger partial charge in [-0.05, 0) is 18.1 Å². The molecule has 0 aliphatic heterocycles. The maximum absolute atomic E-state index is 12.7. The van der Waals surface area contributed by atoms with Gasteiger partial charge in [0.2, 0.25) is 0 Å². The molecule has 0 aliphatic rings. The predicted molar refractivity (Wildman–Crippen MR) is 114 cm³/mol. The molecule has 0 bridgehead atoms. The molecule has 1 amide bonds. The van der Waals surface area contributed by atoms with E-state index in [1.54, 1.807) is 13.0 Å². The molecule has 1 atom stereocenters. The van der Waals surface area contributed by atoms with Crippen molar-refractivity contribution in [3.8, 4) is 11.5 Å². The Kier molecular flexibility index (Phi) is 7.59. The van der Waals surface area contributed by atoms with Gasteiger partial charge in [0.15, 0.2) is 17.7 Å². The molecule has 160 valence electrons. The second kappa shape index (κ2) is 10.8. The van der Waals surface area contributed by atoms with Gasteiger partial charge in [-0.15, -0.1) is 0 Å². The molecule has 1 N–H and O–H groups in total. The molecule has 0 spiro atoms. The number of esters is 1. The smallest absolute Gasteiger partial charge is 0.304 e. The summed E-state index contributed by atoms with van der Waals surface area (Å²) in [5.41, 5.74) is 2.02. The van der Waals surface area contributed by atoms with Gasteiger partial charge in [-0.25, -0.2) is 4.98 Å². The summed E-state index contributed by atoms with van der Waals surface area (Å²) in [5, 5.41) is 2.58. The molecule has 3 rings (SSSR count). The van der Waals surface area contributed by atoms with E-state index in [2.05, 4.69) is 10.3 Å². The highest BCUT2D eigenvalue weighted by Gasteiger charge is 2.19. The number of ether oxygens (including phenoxy) is 3. The summed E-state index contributed by atoms with van der Waals surface area (Å²) in [4.78, 5) is 28.0. The van der Waals surface area contributed by atoms with Crippen LogP contribution < -0.4 is 14.8 Å². The third-order valence-corrected chi connectivity index (χ3v) is 4.21. The highest BCUT2D eigenvalue weighted by Crippen LogP contribution is 2.24. The standard InChI is InChI=1S/C24H24N2O5/c1-17(31-18(2)27)26-24(28)23-22(30-16-20-11-7-4-8-12-20)13-21(14-25-23)29-15-19-9-5-3-6-10-19/h3-14,17H,15-16H2,1-2H3,(H,26,28). The van der Waals surface area contributed by atoms with Gasteiger partial charge in [-0.2, -0.15) is 0 Å². The summed E-state index contributed by atoms with van der Waals surface area (Å²) in [7, 11) is 0. The summed E-state index contributed by atoms with van der Waals surface area (Å²) in [5.74, 6) is -0.282. The lowest BCUT2D eigenvalue weighted by atomic mass is 10.2. The van der Waals surface area contributed by atoms with E-state index in [1.807, 2.05) is 60.7 Å². The van der Waals surface area contributed by atoms with Gasteiger partial charge in [0.1, 0.15) is 19.0 Å². The lowest BCUT2D eigenvalue weighted by Crippen LogP contribution is -2.36. The number of nitrogens with one attached hydrogen (secondary N) is 1. The van der Waals surface area contributed by atoms with Crippen LogP contribution in [0.15, 0.2) is 72.9 Å². The summed E-state index contributed by atoms with van der Waals surface area (Å²) in [6.45, 7) is 3.44. The molecule has 0 saturated carbocycles. The second-order valence-electron chi connectivity index (χ2n) is 6.79. The van der Waals surface area contributed by atoms with E-state index >= 15 is 0 Å². The molecule has 1 unspecified atom stereocenters. The second-order valence-corrected chi connectivity index (χ2v) is 6.79. The van der Waals surface area contributed by atoms with Crippen LogP contribution in [0.3, 0.4) is 0 Å². The molecule has 1 aromatic heterocycles. The number of rotatable bonds is 9. The van der Waals surface area contributed by atoms with Crippen LogP contribution in [0, 0.1) is 0 Å². The van der Waals surface area contributed by atoms with Gasteiger partial charge in [-0.3, -0.25) is 9.59 Å². The van der Waals surface area contributed by atoms with Crippen molar-refractivity contribution in [3.05, 3.63) is 89.7 Å². The van der Waals surface area contributed by atoms with Crippen LogP contribution in [-0.4, -0.2) is 23.1 Å². The number of carbonyl (C=O) groups is 2. The molecule has 31 heavy (non-hydrogen) atoms. The fraction of sp³-hybridized carbons (Fsp3) is 0.208. The minimum absolute atomic E-state index is 0.0713. The number of amides is 1. The maximum atomic E-state index is 12.7. The highest BCUT2D eigenvalue weighted by molar-refractivity contribution is 5.95. The van der Waals surface area contributed by atoms with Crippen molar-refractivity contribution in [1.29, 1.82) is 0 Å². The lowest BCUT2D eigenvalue weighted by Gasteiger charge is -2.16. The Labute approximate surface area is 181 Å². The molecule has 7 heteroatoms. The van der Waals surface area contributed by atoms with Crippen molar-refractivity contribution in [2.45, 2.75) is 33.3 Å². The minimum atomic E-state index is -0.803. The van der Waals surface area contributed by atoms with Crippen molar-refractivity contribution in [2.75, 3.05) is 0 Å². The average molecular weight is 420 g/mol. The van der Waals surface area contributed by atoms with Gasteiger partial charge >= 0.3 is 5.97 Å². The number of pyridine rings is 1. The minimum Gasteiger partial charge on any atom is -0.487 e. The number of carbonyl (C=O) groups excluding carboxylic acids is 2. The number of hydrogen-bond acceptors (Lipinski definition) is 6. The first-order valence-corrected chi connectivity index (χ1v) is 9.83. The Morgan fingerprint density at radius 3 is 2.10 bits per heavy atom. The zero-order valence-electron chi connectivity index (χ0n) is 17.4. The molecule has 1 heterocycles. The van der Waals surface area contributed by atoms with Crippen molar-refractivity contribution >= 4 is 11.9 Å². The Bertz CT molecular complexity index is 1010. The normalized spacial score (nSPS) is 11.3. The van der Waals surface area contributed by atoms with Gasteiger partial charge in [0.05, 0.1) is 6.20 Å². The quantitative estimate of drug-likeness (QED) is 0.418. The van der Waals surface area contributed by atoms with Crippen LogP contribution in [0.4, 0.5) is 0 Å². The first-order valence-electron chi connectivity index (χ1n) is 9.83. The third-order valence-electron chi connectivity index (χ3n) is 4.21. The highest BCUT2D eigenvalue weighted by atomic mass is 16.6. The Balaban J connectivity index is 1.77. The largest absolute Gasteiger partial charge is 0.487 e. The Morgan fingerprint density at radius 1 is 0.935 bits per heavy atom. The van der Waals surface area contributed by atoms with Gasteiger partial charge < -0.3 is 19.5 Å². The zero-order chi connectivity index (χ0) is 22.1. The molecule has 0 radical (unpaired) electrons. The summed E-state index contributed by atoms with van der Waals surface area (Å²) in [6.07, 6.45) is 0.659. The van der Waals surface area contributed by atoms with Crippen LogP contribution >= 0.6 is 0 Å². The number of benzene rings is 2. The van der Waals surface area contributed by atoms with E-state index in [4.69, 9.17) is 14.2 Å². The van der Waals surface area contributed by atoms with Crippen LogP contribution in [0.5, 0.6) is 11.5 Å². The van der Waals surface area contributed by atoms with E-state index in [-0.39, 0.29) is 18.1 Å². The molecule has 0 saturated heterocycles. The fourth-order valence-corrected chi connectivity index (χ4v) is 2.79. The number of nitrogens with zero attached hydrogens (tertiary/aromatic N) is 1. The van der Waals surface area contributed by atoms with Crippen molar-refractivity contribution in [3.63, 3.8) is 0 Å². The molecule has 2 aromatic carbocycles. The first kappa shape index (κ1) is 21.8. The van der Waals surface area contributed by atoms with Crippen LogP contribution in [0.2, 0.25) is 0 Å². The summed E-state index contributed by atoms with van der Waals surface area (Å²) >= 11 is 0. The third kappa shape index (κ3) is 6.85. The van der Waals surface area contributed by atoms with E-state index in [1.165, 1.54) is 13.1 Å². The Hall–Kier alpha value is -3.87. The topological polar surface area (TPSA) is 86.8 Å². The maximum Gasteiger partial charge on any atom is 0.304 e. The van der Waals surface area contributed by atoms with Gasteiger partial charge in [0, 0.05) is 13.0 Å². The molecule has 0 aliphatic carbocycles. The van der Waals surface area contributed by atoms with Gasteiger partial charge in [0.25, 0.3) is 5.91 Å². The van der Waals surface area contributed by atoms with Gasteiger partial charge in [-0.1, -0.05) is 60.7 Å². The fourth-order valence-electron chi connectivity index (χ4n) is 2.79. The molecule has 3 aromatic rings. The monoisotopic (exact) mass is 420 g/mol. The van der Waals surface area contributed by atoms with E-state index in [0.29, 0.717) is 12.4 Å². The van der Waals surface area contributed by atoms with Crippen molar-refractivity contribution in [2.24, 2.45) is 0 Å². The number of hydrogen-bond donors (Lipinski definition) is 1. The summed E-state index contributed by atoms with van der Waals surface area (Å²) < 4.78 is 16.7. The zero-order valence-corrected chi connectivity index (χ0v) is 17.4. The van der Waals surface area contributed by atoms with Crippen molar-refractivity contribution in [1.82, 2.24) is 10.3 Å². The predicted octanol–water partition coefficient (Wildman–Crippen LogP) is 3.88. The summed E-state index contributed by atoms with van der Waals surface area (Å²) in [6, 6.07) is 20.9. The molecule has 7 nitrogen and oxygen atoms in total. The SMILES string of the molecule is CC(=O)OC(C)NC(=O)c1ncc(OCc2ccccc2)cc1OCc1ccccc1. The molecular weight excluding hydrogens is 396 g/mol. The van der Waals surface area contributed by atoms with E-state index in [0.717, 1.165) is 11.1 Å². The first-order chi connectivity index (χ1) is 15.0. The average Bonchev–Trinajstić information content (AvgIpc) is 2.77. The molecule has 0 fully saturated rings. The van der Waals surface area contributed by atoms with Crippen LogP contribution in [-0.2, 0) is 22.7 Å². The number of aromatic nitrogens is 1. The van der Waals surface area contributed by atoms with Crippen molar-refractivity contribution < 1.29 is 23.8 Å². The Morgan fingerprint density at radius 2 is 1.52 bits per heavy atom. The molecular formula is C24H24N2O5. The lowest BCUT2D eigenvalue weighted by molar-refractivity contribution is -0.146. The van der Waals surface area contributed by atoms with Crippen LogP contribution in [0.25, 0.3) is 0 Å². The van der Waals surface area contributed by atoms with Crippen LogP contribution in [0.1, 0.15) is 35.5 Å².